The molecule has 14 heavy (non-hydrogen) atoms. The van der Waals surface area contributed by atoms with Gasteiger partial charge in [0.25, 0.3) is 0 Å². The highest BCUT2D eigenvalue weighted by atomic mass is 16.1. The normalized spacial score (nSPS) is 18.4. The first-order chi connectivity index (χ1) is 6.77. The van der Waals surface area contributed by atoms with Crippen LogP contribution in [0.5, 0.6) is 0 Å². The van der Waals surface area contributed by atoms with Crippen molar-refractivity contribution in [3.05, 3.63) is 35.4 Å². The van der Waals surface area contributed by atoms with Crippen LogP contribution >= 0.6 is 0 Å². The monoisotopic (exact) mass is 190 g/mol. The number of hydrogen-bond donors (Lipinski definition) is 2. The summed E-state index contributed by atoms with van der Waals surface area (Å²) in [6.07, 6.45) is 1.11. The summed E-state index contributed by atoms with van der Waals surface area (Å²) in [5.74, 6) is 0.267. The maximum absolute atomic E-state index is 10.5. The van der Waals surface area contributed by atoms with Crippen molar-refractivity contribution < 1.29 is 4.79 Å². The lowest BCUT2D eigenvalue weighted by Gasteiger charge is -2.30. The molecule has 0 heterocycles. The van der Waals surface area contributed by atoms with E-state index >= 15 is 0 Å². The molecular formula is C11H14N2O. The summed E-state index contributed by atoms with van der Waals surface area (Å²) in [6.45, 7) is 1.12. The fraction of sp³-hybridized carbons (Fsp3) is 0.364. The van der Waals surface area contributed by atoms with Crippen molar-refractivity contribution in [3.63, 3.8) is 0 Å². The molecule has 1 aliphatic rings. The number of rotatable bonds is 4. The Kier molecular flexibility index (Phi) is 2.50. The summed E-state index contributed by atoms with van der Waals surface area (Å²) < 4.78 is 0. The summed E-state index contributed by atoms with van der Waals surface area (Å²) in [5, 5.41) is 3.05. The van der Waals surface area contributed by atoms with Crippen LogP contribution in [0.4, 0.5) is 0 Å². The van der Waals surface area contributed by atoms with Gasteiger partial charge < -0.3 is 11.1 Å². The van der Waals surface area contributed by atoms with Gasteiger partial charge in [0.15, 0.2) is 0 Å². The molecule has 74 valence electrons. The SMILES string of the molecule is NC(=O)CNCC1Cc2ccccc21. The Morgan fingerprint density at radius 3 is 3.00 bits per heavy atom. The van der Waals surface area contributed by atoms with Crippen molar-refractivity contribution >= 4 is 5.91 Å². The van der Waals surface area contributed by atoms with Gasteiger partial charge >= 0.3 is 0 Å². The van der Waals surface area contributed by atoms with Gasteiger partial charge in [0.05, 0.1) is 6.54 Å². The van der Waals surface area contributed by atoms with Gasteiger partial charge in [-0.05, 0) is 17.5 Å². The van der Waals surface area contributed by atoms with Gasteiger partial charge in [-0.3, -0.25) is 4.79 Å². The van der Waals surface area contributed by atoms with E-state index in [1.807, 2.05) is 0 Å². The third kappa shape index (κ3) is 1.77. The quantitative estimate of drug-likeness (QED) is 0.722. The minimum absolute atomic E-state index is 0.276. The lowest BCUT2D eigenvalue weighted by Crippen LogP contribution is -2.34. The number of nitrogens with two attached hydrogens (primary N) is 1. The first-order valence-electron chi connectivity index (χ1n) is 4.84. The smallest absolute Gasteiger partial charge is 0.231 e. The average Bonchev–Trinajstić information content (AvgIpc) is 2.12. The maximum atomic E-state index is 10.5. The first-order valence-corrected chi connectivity index (χ1v) is 4.84. The number of fused-ring (bicyclic) bond motifs is 1. The number of nitrogens with one attached hydrogen (secondary N) is 1. The van der Waals surface area contributed by atoms with Crippen molar-refractivity contribution in [2.45, 2.75) is 12.3 Å². The van der Waals surface area contributed by atoms with Gasteiger partial charge in [-0.15, -0.1) is 0 Å². The molecule has 3 nitrogen and oxygen atoms in total. The van der Waals surface area contributed by atoms with E-state index in [1.54, 1.807) is 0 Å². The summed E-state index contributed by atoms with van der Waals surface area (Å²) in [6, 6.07) is 8.42. The van der Waals surface area contributed by atoms with Gasteiger partial charge in [-0.1, -0.05) is 24.3 Å². The number of carbonyl (C=O) groups excluding carboxylic acids is 1. The van der Waals surface area contributed by atoms with E-state index < -0.39 is 0 Å². The second-order valence-electron chi connectivity index (χ2n) is 3.70. The van der Waals surface area contributed by atoms with E-state index in [1.165, 1.54) is 11.1 Å². The highest BCUT2D eigenvalue weighted by molar-refractivity contribution is 5.75. The molecule has 1 atom stereocenters. The van der Waals surface area contributed by atoms with Crippen LogP contribution in [0.2, 0.25) is 0 Å². The predicted molar refractivity (Wildman–Crippen MR) is 55.0 cm³/mol. The molecular weight excluding hydrogens is 176 g/mol. The van der Waals surface area contributed by atoms with E-state index in [2.05, 4.69) is 29.6 Å². The van der Waals surface area contributed by atoms with Crippen LogP contribution in [0.25, 0.3) is 0 Å². The Morgan fingerprint density at radius 2 is 2.29 bits per heavy atom. The largest absolute Gasteiger partial charge is 0.369 e. The number of hydrogen-bond acceptors (Lipinski definition) is 2. The summed E-state index contributed by atoms with van der Waals surface area (Å²) in [4.78, 5) is 10.5. The Hall–Kier alpha value is -1.35. The molecule has 0 spiro atoms. The Morgan fingerprint density at radius 1 is 1.50 bits per heavy atom. The topological polar surface area (TPSA) is 55.1 Å². The van der Waals surface area contributed by atoms with Gasteiger partial charge in [0.1, 0.15) is 0 Å². The molecule has 0 aliphatic heterocycles. The highest BCUT2D eigenvalue weighted by Gasteiger charge is 2.24. The highest BCUT2D eigenvalue weighted by Crippen LogP contribution is 2.33. The molecule has 1 aromatic rings. The molecule has 1 amide bonds. The van der Waals surface area contributed by atoms with Crippen molar-refractivity contribution in [2.24, 2.45) is 5.73 Å². The van der Waals surface area contributed by atoms with E-state index in [0.29, 0.717) is 5.92 Å². The first kappa shape index (κ1) is 9.21. The van der Waals surface area contributed by atoms with E-state index in [4.69, 9.17) is 5.73 Å². The van der Waals surface area contributed by atoms with Crippen molar-refractivity contribution in [2.75, 3.05) is 13.1 Å². The van der Waals surface area contributed by atoms with Gasteiger partial charge in [-0.2, -0.15) is 0 Å². The second kappa shape index (κ2) is 3.80. The molecule has 0 fully saturated rings. The number of carbonyl (C=O) groups is 1. The Balaban J connectivity index is 1.84. The third-order valence-electron chi connectivity index (χ3n) is 2.65. The standard InChI is InChI=1S/C11H14N2O/c12-11(14)7-13-6-9-5-8-3-1-2-4-10(8)9/h1-4,9,13H,5-7H2,(H2,12,14). The van der Waals surface area contributed by atoms with Gasteiger partial charge in [0.2, 0.25) is 5.91 Å². The molecule has 0 bridgehead atoms. The molecule has 0 saturated carbocycles. The summed E-state index contributed by atoms with van der Waals surface area (Å²) in [7, 11) is 0. The maximum Gasteiger partial charge on any atom is 0.231 e. The molecule has 2 rings (SSSR count). The van der Waals surface area contributed by atoms with Crippen LogP contribution in [0.1, 0.15) is 17.0 Å². The fourth-order valence-electron chi connectivity index (χ4n) is 1.91. The zero-order valence-electron chi connectivity index (χ0n) is 7.99. The number of benzene rings is 1. The van der Waals surface area contributed by atoms with E-state index in [0.717, 1.165) is 13.0 Å². The van der Waals surface area contributed by atoms with Crippen LogP contribution in [-0.4, -0.2) is 19.0 Å². The Labute approximate surface area is 83.3 Å². The third-order valence-corrected chi connectivity index (χ3v) is 2.65. The van der Waals surface area contributed by atoms with Crippen molar-refractivity contribution in [1.82, 2.24) is 5.32 Å². The molecule has 0 aromatic heterocycles. The van der Waals surface area contributed by atoms with Crippen LogP contribution in [0.15, 0.2) is 24.3 Å². The molecule has 1 aromatic carbocycles. The molecule has 1 aliphatic carbocycles. The molecule has 3 N–H and O–H groups in total. The molecule has 0 radical (unpaired) electrons. The summed E-state index contributed by atoms with van der Waals surface area (Å²) >= 11 is 0. The van der Waals surface area contributed by atoms with E-state index in [-0.39, 0.29) is 12.5 Å². The molecule has 3 heteroatoms. The van der Waals surface area contributed by atoms with Crippen LogP contribution in [0, 0.1) is 0 Å². The van der Waals surface area contributed by atoms with Crippen LogP contribution in [0.3, 0.4) is 0 Å². The van der Waals surface area contributed by atoms with Gasteiger partial charge in [-0.25, -0.2) is 0 Å². The molecule has 1 unspecified atom stereocenters. The van der Waals surface area contributed by atoms with Crippen molar-refractivity contribution in [1.29, 1.82) is 0 Å². The van der Waals surface area contributed by atoms with Crippen LogP contribution < -0.4 is 11.1 Å². The van der Waals surface area contributed by atoms with Crippen molar-refractivity contribution in [3.8, 4) is 0 Å². The Bertz CT molecular complexity index is 349. The molecule has 0 saturated heterocycles. The zero-order valence-corrected chi connectivity index (χ0v) is 7.99. The summed E-state index contributed by atoms with van der Waals surface area (Å²) in [5.41, 5.74) is 7.87. The lowest BCUT2D eigenvalue weighted by molar-refractivity contribution is -0.117. The van der Waals surface area contributed by atoms with Gasteiger partial charge in [0, 0.05) is 12.5 Å². The predicted octanol–water partition coefficient (Wildman–Crippen LogP) is 0.401. The number of primary amides is 1. The number of amides is 1. The van der Waals surface area contributed by atoms with Crippen LogP contribution in [-0.2, 0) is 11.2 Å². The fourth-order valence-corrected chi connectivity index (χ4v) is 1.91. The van der Waals surface area contributed by atoms with E-state index in [9.17, 15) is 4.79 Å². The minimum atomic E-state index is -0.294. The average molecular weight is 190 g/mol. The lowest BCUT2D eigenvalue weighted by atomic mass is 9.78. The minimum Gasteiger partial charge on any atom is -0.369 e. The second-order valence-corrected chi connectivity index (χ2v) is 3.70. The zero-order chi connectivity index (χ0) is 9.97.